The van der Waals surface area contributed by atoms with Crippen molar-refractivity contribution in [3.63, 3.8) is 0 Å². The number of benzene rings is 1. The van der Waals surface area contributed by atoms with Crippen LogP contribution in [0.15, 0.2) is 24.3 Å². The third-order valence-electron chi connectivity index (χ3n) is 4.37. The van der Waals surface area contributed by atoms with Gasteiger partial charge in [-0.2, -0.15) is 0 Å². The van der Waals surface area contributed by atoms with Gasteiger partial charge in [0.1, 0.15) is 0 Å². The number of carbonyl (C=O) groups excluding carboxylic acids is 1. The molecule has 5 heteroatoms. The summed E-state index contributed by atoms with van der Waals surface area (Å²) in [7, 11) is 1.42. The van der Waals surface area contributed by atoms with Gasteiger partial charge in [0.05, 0.1) is 13.2 Å². The Morgan fingerprint density at radius 1 is 1.36 bits per heavy atom. The first-order valence-corrected chi connectivity index (χ1v) is 8.20. The van der Waals surface area contributed by atoms with E-state index in [0.29, 0.717) is 11.4 Å². The smallest absolute Gasteiger partial charge is 0.305 e. The van der Waals surface area contributed by atoms with Gasteiger partial charge < -0.3 is 14.7 Å². The highest BCUT2D eigenvalue weighted by atomic mass is 35.5. The van der Waals surface area contributed by atoms with Crippen molar-refractivity contribution < 1.29 is 14.6 Å². The molecule has 2 rings (SSSR count). The van der Waals surface area contributed by atoms with Crippen LogP contribution in [-0.4, -0.2) is 42.7 Å². The fourth-order valence-electron chi connectivity index (χ4n) is 2.97. The van der Waals surface area contributed by atoms with Gasteiger partial charge in [0, 0.05) is 11.4 Å². The molecule has 4 nitrogen and oxygen atoms in total. The lowest BCUT2D eigenvalue weighted by atomic mass is 9.87. The Bertz CT molecular complexity index is 469. The van der Waals surface area contributed by atoms with E-state index in [4.69, 9.17) is 11.6 Å². The Kier molecular flexibility index (Phi) is 6.68. The van der Waals surface area contributed by atoms with Gasteiger partial charge in [-0.3, -0.25) is 4.79 Å². The van der Waals surface area contributed by atoms with Crippen LogP contribution in [0.4, 0.5) is 0 Å². The number of methoxy groups -OCH3 is 1. The van der Waals surface area contributed by atoms with Crippen molar-refractivity contribution in [1.29, 1.82) is 0 Å². The topological polar surface area (TPSA) is 49.8 Å². The van der Waals surface area contributed by atoms with E-state index < -0.39 is 6.10 Å². The van der Waals surface area contributed by atoms with Crippen LogP contribution in [-0.2, 0) is 9.53 Å². The molecule has 1 fully saturated rings. The first-order valence-electron chi connectivity index (χ1n) is 7.83. The van der Waals surface area contributed by atoms with Gasteiger partial charge in [0.25, 0.3) is 0 Å². The molecule has 0 spiro atoms. The van der Waals surface area contributed by atoms with Gasteiger partial charge in [-0.15, -0.1) is 0 Å². The second kappa shape index (κ2) is 8.51. The van der Waals surface area contributed by atoms with Crippen LogP contribution in [0, 0.1) is 5.92 Å². The molecule has 0 saturated carbocycles. The first-order chi connectivity index (χ1) is 10.6. The summed E-state index contributed by atoms with van der Waals surface area (Å²) >= 11 is 5.88. The highest BCUT2D eigenvalue weighted by Gasteiger charge is 2.26. The monoisotopic (exact) mass is 325 g/mol. The number of hydrogen-bond acceptors (Lipinski definition) is 4. The van der Waals surface area contributed by atoms with E-state index in [2.05, 4.69) is 9.64 Å². The lowest BCUT2D eigenvalue weighted by molar-refractivity contribution is -0.140. The van der Waals surface area contributed by atoms with Crippen molar-refractivity contribution in [2.24, 2.45) is 5.92 Å². The highest BCUT2D eigenvalue weighted by Crippen LogP contribution is 2.31. The largest absolute Gasteiger partial charge is 0.469 e. The van der Waals surface area contributed by atoms with Crippen molar-refractivity contribution in [3.05, 3.63) is 34.9 Å². The molecule has 22 heavy (non-hydrogen) atoms. The Balaban J connectivity index is 1.74. The second-order valence-corrected chi connectivity index (χ2v) is 6.29. The molecule has 1 N–H and O–H groups in total. The fourth-order valence-corrected chi connectivity index (χ4v) is 3.10. The average Bonchev–Trinajstić information content (AvgIpc) is 2.55. The van der Waals surface area contributed by atoms with Crippen LogP contribution in [0.25, 0.3) is 0 Å². The van der Waals surface area contributed by atoms with Gasteiger partial charge >= 0.3 is 5.97 Å². The van der Waals surface area contributed by atoms with Crippen molar-refractivity contribution >= 4 is 17.6 Å². The molecule has 1 saturated heterocycles. The first kappa shape index (κ1) is 17.3. The van der Waals surface area contributed by atoms with Crippen LogP contribution in [0.5, 0.6) is 0 Å². The Hall–Kier alpha value is -1.10. The van der Waals surface area contributed by atoms with Crippen molar-refractivity contribution in [2.75, 3.05) is 26.7 Å². The van der Waals surface area contributed by atoms with E-state index in [-0.39, 0.29) is 11.9 Å². The maximum absolute atomic E-state index is 11.1. The van der Waals surface area contributed by atoms with E-state index in [1.807, 2.05) is 24.3 Å². The zero-order valence-electron chi connectivity index (χ0n) is 13.0. The van der Waals surface area contributed by atoms with E-state index in [9.17, 15) is 9.90 Å². The van der Waals surface area contributed by atoms with Crippen molar-refractivity contribution in [1.82, 2.24) is 4.90 Å². The van der Waals surface area contributed by atoms with Gasteiger partial charge in [-0.25, -0.2) is 0 Å². The number of nitrogens with zero attached hydrogens (tertiary/aromatic N) is 1. The third kappa shape index (κ3) is 4.97. The van der Waals surface area contributed by atoms with Gasteiger partial charge in [-0.05, 0) is 62.5 Å². The Morgan fingerprint density at radius 2 is 2.00 bits per heavy atom. The quantitative estimate of drug-likeness (QED) is 0.817. The van der Waals surface area contributed by atoms with Crippen molar-refractivity contribution in [3.8, 4) is 0 Å². The predicted molar refractivity (Wildman–Crippen MR) is 86.8 cm³/mol. The number of esters is 1. The molecule has 1 aromatic carbocycles. The summed E-state index contributed by atoms with van der Waals surface area (Å²) < 4.78 is 4.65. The number of piperidine rings is 1. The summed E-state index contributed by atoms with van der Waals surface area (Å²) in [5.41, 5.74) is 0.938. The molecule has 0 aliphatic carbocycles. The number of ether oxygens (including phenoxy) is 1. The average molecular weight is 326 g/mol. The predicted octanol–water partition coefficient (Wildman–Crippen LogP) is 3.04. The third-order valence-corrected chi connectivity index (χ3v) is 4.63. The zero-order valence-corrected chi connectivity index (χ0v) is 13.8. The molecule has 0 radical (unpaired) electrons. The zero-order chi connectivity index (χ0) is 15.9. The number of likely N-dealkylation sites (tertiary alicyclic amines) is 1. The molecule has 1 aliphatic rings. The van der Waals surface area contributed by atoms with E-state index in [0.717, 1.165) is 44.5 Å². The molecule has 1 aromatic rings. The summed E-state index contributed by atoms with van der Waals surface area (Å²) in [5, 5.41) is 11.2. The molecular weight excluding hydrogens is 302 g/mol. The lowest BCUT2D eigenvalue weighted by Crippen LogP contribution is -2.36. The SMILES string of the molecule is COC(=O)CCCN1CCC(C(O)c2ccc(Cl)cc2)CC1. The molecule has 1 heterocycles. The molecule has 1 atom stereocenters. The molecule has 0 amide bonds. The normalized spacial score (nSPS) is 18.1. The molecule has 0 aromatic heterocycles. The minimum absolute atomic E-state index is 0.145. The Morgan fingerprint density at radius 3 is 2.59 bits per heavy atom. The summed E-state index contributed by atoms with van der Waals surface area (Å²) in [6.07, 6.45) is 2.83. The molecule has 122 valence electrons. The number of carbonyl (C=O) groups is 1. The number of aliphatic hydroxyl groups excluding tert-OH is 1. The van der Waals surface area contributed by atoms with Crippen molar-refractivity contribution in [2.45, 2.75) is 31.8 Å². The molecule has 0 bridgehead atoms. The van der Waals surface area contributed by atoms with Gasteiger partial charge in [0.15, 0.2) is 0 Å². The van der Waals surface area contributed by atoms with Gasteiger partial charge in [0.2, 0.25) is 0 Å². The van der Waals surface area contributed by atoms with Gasteiger partial charge in [-0.1, -0.05) is 23.7 Å². The maximum atomic E-state index is 11.1. The summed E-state index contributed by atoms with van der Waals surface area (Å²) in [5.74, 6) is 0.145. The lowest BCUT2D eigenvalue weighted by Gasteiger charge is -2.34. The minimum atomic E-state index is -0.422. The van der Waals surface area contributed by atoms with Crippen LogP contribution in [0.1, 0.15) is 37.4 Å². The Labute approximate surface area is 137 Å². The maximum Gasteiger partial charge on any atom is 0.305 e. The standard InChI is InChI=1S/C17H24ClNO3/c1-22-16(20)3-2-10-19-11-8-14(9-12-19)17(21)13-4-6-15(18)7-5-13/h4-7,14,17,21H,2-3,8-12H2,1H3. The second-order valence-electron chi connectivity index (χ2n) is 5.86. The number of aliphatic hydroxyl groups is 1. The van der Waals surface area contributed by atoms with Crippen LogP contribution < -0.4 is 0 Å². The molecule has 1 unspecified atom stereocenters. The number of rotatable bonds is 6. The van der Waals surface area contributed by atoms with E-state index in [1.165, 1.54) is 7.11 Å². The summed E-state index contributed by atoms with van der Waals surface area (Å²) in [6.45, 7) is 2.85. The number of halogens is 1. The van der Waals surface area contributed by atoms with Crippen LogP contribution in [0.2, 0.25) is 5.02 Å². The van der Waals surface area contributed by atoms with E-state index in [1.54, 1.807) is 0 Å². The molecule has 1 aliphatic heterocycles. The fraction of sp³-hybridized carbons (Fsp3) is 0.588. The summed E-state index contributed by atoms with van der Waals surface area (Å²) in [6, 6.07) is 7.44. The number of hydrogen-bond donors (Lipinski definition) is 1. The molecular formula is C17H24ClNO3. The minimum Gasteiger partial charge on any atom is -0.469 e. The van der Waals surface area contributed by atoms with Crippen LogP contribution >= 0.6 is 11.6 Å². The highest BCUT2D eigenvalue weighted by molar-refractivity contribution is 6.30. The van der Waals surface area contributed by atoms with Crippen LogP contribution in [0.3, 0.4) is 0 Å². The summed E-state index contributed by atoms with van der Waals surface area (Å²) in [4.78, 5) is 13.4. The van der Waals surface area contributed by atoms with E-state index >= 15 is 0 Å².